The highest BCUT2D eigenvalue weighted by atomic mass is 19.3. The lowest BCUT2D eigenvalue weighted by Gasteiger charge is -2.40. The molecular weight excluding hydrogens is 1090 g/mol. The summed E-state index contributed by atoms with van der Waals surface area (Å²) in [5, 5.41) is 22.7. The number of nitrogens with zero attached hydrogens (tertiary/aromatic N) is 11. The molecule has 0 bridgehead atoms. The number of rotatable bonds is 16. The molecular formula is C58H50F5N13O7. The van der Waals surface area contributed by atoms with Gasteiger partial charge >= 0.3 is 13.2 Å². The van der Waals surface area contributed by atoms with Crippen molar-refractivity contribution in [1.29, 1.82) is 0 Å². The van der Waals surface area contributed by atoms with Gasteiger partial charge in [-0.25, -0.2) is 23.4 Å². The van der Waals surface area contributed by atoms with Crippen LogP contribution in [0.1, 0.15) is 56.7 Å². The van der Waals surface area contributed by atoms with Gasteiger partial charge in [-0.05, 0) is 115 Å². The van der Waals surface area contributed by atoms with E-state index in [0.717, 1.165) is 39.1 Å². The number of fused-ring (bicyclic) bond motifs is 3. The van der Waals surface area contributed by atoms with Gasteiger partial charge in [0.1, 0.15) is 62.7 Å². The predicted molar refractivity (Wildman–Crippen MR) is 291 cm³/mol. The van der Waals surface area contributed by atoms with Crippen molar-refractivity contribution in [2.75, 3.05) is 30.4 Å². The SMILES string of the molecule is Cn1cc(NC(=O)c2cnn3cccnc23)c(-c2cc(Oc3ccc4c(c3)CN(C3COC3)CC4)ccc2OC(F)F)n1.Cn1cc(NC(=O)c2cnn3cccnc23)c(-c2cc(Oc3cccc(C4(F)CCC4)c3)ccc2OC(F)F)n1. The van der Waals surface area contributed by atoms with Gasteiger partial charge in [-0.2, -0.15) is 38.0 Å². The highest BCUT2D eigenvalue weighted by Crippen LogP contribution is 2.47. The lowest BCUT2D eigenvalue weighted by Crippen LogP contribution is -2.50. The molecule has 3 aliphatic rings. The predicted octanol–water partition coefficient (Wildman–Crippen LogP) is 10.7. The summed E-state index contributed by atoms with van der Waals surface area (Å²) in [7, 11) is 3.29. The Kier molecular flexibility index (Phi) is 14.7. The molecule has 83 heavy (non-hydrogen) atoms. The lowest BCUT2D eigenvalue weighted by atomic mass is 9.77. The van der Waals surface area contributed by atoms with Crippen molar-refractivity contribution >= 4 is 34.5 Å². The highest BCUT2D eigenvalue weighted by molar-refractivity contribution is 6.10. The second-order valence-electron chi connectivity index (χ2n) is 19.9. The van der Waals surface area contributed by atoms with E-state index in [2.05, 4.69) is 52.0 Å². The number of carbonyl (C=O) groups excluding carboxylic acids is 2. The van der Waals surface area contributed by atoms with Crippen molar-refractivity contribution in [2.45, 2.75) is 57.2 Å². The van der Waals surface area contributed by atoms with Crippen LogP contribution in [-0.2, 0) is 37.5 Å². The summed E-state index contributed by atoms with van der Waals surface area (Å²) < 4.78 is 101. The van der Waals surface area contributed by atoms with E-state index < -0.39 is 30.7 Å². The number of halogens is 5. The first-order valence-electron chi connectivity index (χ1n) is 26.2. The molecule has 0 radical (unpaired) electrons. The number of aromatic nitrogens is 10. The smallest absolute Gasteiger partial charge is 0.387 e. The fourth-order valence-corrected chi connectivity index (χ4v) is 10.1. The maximum absolute atomic E-state index is 15.0. The van der Waals surface area contributed by atoms with Crippen molar-refractivity contribution in [3.05, 3.63) is 168 Å². The number of benzene rings is 4. The van der Waals surface area contributed by atoms with E-state index in [4.69, 9.17) is 23.7 Å². The molecule has 0 spiro atoms. The van der Waals surface area contributed by atoms with E-state index in [9.17, 15) is 31.5 Å². The first kappa shape index (κ1) is 53.9. The number of alkyl halides is 5. The summed E-state index contributed by atoms with van der Waals surface area (Å²) in [6.07, 6.45) is 15.0. The van der Waals surface area contributed by atoms with Crippen molar-refractivity contribution in [1.82, 2.24) is 53.7 Å². The first-order valence-corrected chi connectivity index (χ1v) is 26.2. The Morgan fingerprint density at radius 1 is 0.663 bits per heavy atom. The Balaban J connectivity index is 0.000000164. The Hall–Kier alpha value is -9.75. The molecule has 20 nitrogen and oxygen atoms in total. The average Bonchev–Trinajstić information content (AvgIpc) is 4.37. The molecule has 1 aliphatic carbocycles. The number of amides is 2. The Labute approximate surface area is 469 Å². The fourth-order valence-electron chi connectivity index (χ4n) is 10.1. The summed E-state index contributed by atoms with van der Waals surface area (Å²) in [6.45, 7) is -2.85. The van der Waals surface area contributed by atoms with Gasteiger partial charge in [-0.3, -0.25) is 23.9 Å². The van der Waals surface area contributed by atoms with Gasteiger partial charge in [-0.1, -0.05) is 18.2 Å². The molecule has 0 unspecified atom stereocenters. The standard InChI is InChI=1S/C30H27F2N7O4.C28H23F3N6O3/c1-37-15-25(35-29(40)24-13-34-39-9-2-8-33-28(24)39)27(36-37)23-12-22(5-6-26(23)43-30(31)32)42-21-4-3-18-7-10-38(14-19(18)11-21)20-16-41-17-20;1-36-16-22(34-26(38)21-15-33-37-12-4-11-32-25(21)37)24(35-36)20-14-19(7-8-23(20)40-27(29)30)39-18-6-2-5-17(13-18)28(31)9-3-10-28/h2-6,8-9,11-13,15,20,30H,7,10,14,16-17H2,1H3,(H,35,40);2,4-8,11-16,27H,3,9-10H2,1H3,(H,34,38). The number of nitrogens with one attached hydrogen (secondary N) is 2. The first-order chi connectivity index (χ1) is 40.2. The van der Waals surface area contributed by atoms with E-state index in [1.54, 1.807) is 87.4 Å². The molecule has 4 aromatic carbocycles. The summed E-state index contributed by atoms with van der Waals surface area (Å²) in [4.78, 5) is 37.2. The van der Waals surface area contributed by atoms with Crippen LogP contribution < -0.4 is 29.6 Å². The van der Waals surface area contributed by atoms with Gasteiger partial charge in [0.25, 0.3) is 11.8 Å². The fraction of sp³-hybridized carbons (Fsp3) is 0.241. The maximum Gasteiger partial charge on any atom is 0.387 e. The second kappa shape index (κ2) is 22.7. The molecule has 25 heteroatoms. The summed E-state index contributed by atoms with van der Waals surface area (Å²) in [5.74, 6) is 0.413. The number of hydrogen-bond donors (Lipinski definition) is 2. The van der Waals surface area contributed by atoms with Gasteiger partial charge < -0.3 is 34.3 Å². The maximum atomic E-state index is 15.0. The average molecular weight is 1140 g/mol. The highest BCUT2D eigenvalue weighted by Gasteiger charge is 2.39. The number of hydrogen-bond acceptors (Lipinski definition) is 14. The van der Waals surface area contributed by atoms with Crippen molar-refractivity contribution in [3.63, 3.8) is 0 Å². The van der Waals surface area contributed by atoms with E-state index in [-0.39, 0.29) is 62.3 Å². The van der Waals surface area contributed by atoms with Gasteiger partial charge in [0.2, 0.25) is 0 Å². The van der Waals surface area contributed by atoms with Crippen LogP contribution in [0.2, 0.25) is 0 Å². The zero-order valence-electron chi connectivity index (χ0n) is 44.3. The lowest BCUT2D eigenvalue weighted by molar-refractivity contribution is -0.0695. The van der Waals surface area contributed by atoms with E-state index in [1.807, 2.05) is 12.1 Å². The van der Waals surface area contributed by atoms with Crippen LogP contribution in [0.15, 0.2) is 141 Å². The molecule has 2 fully saturated rings. The van der Waals surface area contributed by atoms with Gasteiger partial charge in [-0.15, -0.1) is 0 Å². The molecule has 424 valence electrons. The van der Waals surface area contributed by atoms with Crippen LogP contribution in [0.5, 0.6) is 34.5 Å². The molecule has 1 saturated carbocycles. The van der Waals surface area contributed by atoms with Gasteiger partial charge in [0, 0.05) is 64.4 Å². The minimum Gasteiger partial charge on any atom is -0.457 e. The summed E-state index contributed by atoms with van der Waals surface area (Å²) in [5.41, 5.74) is 4.12. The molecule has 1 saturated heterocycles. The van der Waals surface area contributed by atoms with Crippen molar-refractivity contribution in [3.8, 4) is 57.0 Å². The molecule has 8 heterocycles. The summed E-state index contributed by atoms with van der Waals surface area (Å²) >= 11 is 0. The van der Waals surface area contributed by atoms with Crippen molar-refractivity contribution in [2.24, 2.45) is 14.1 Å². The van der Waals surface area contributed by atoms with Crippen LogP contribution in [0.3, 0.4) is 0 Å². The van der Waals surface area contributed by atoms with Gasteiger partial charge in [0.05, 0.1) is 54.2 Å². The molecule has 0 atom stereocenters. The third-order valence-electron chi connectivity index (χ3n) is 14.4. The monoisotopic (exact) mass is 1140 g/mol. The Bertz CT molecular complexity index is 4040. The normalized spacial score (nSPS) is 14.8. The molecule has 13 rings (SSSR count). The topological polar surface area (TPSA) is 204 Å². The Morgan fingerprint density at radius 3 is 1.70 bits per heavy atom. The quantitative estimate of drug-likeness (QED) is 0.0865. The van der Waals surface area contributed by atoms with E-state index in [0.29, 0.717) is 53.0 Å². The third-order valence-corrected chi connectivity index (χ3v) is 14.4. The van der Waals surface area contributed by atoms with Gasteiger partial charge in [0.15, 0.2) is 11.3 Å². The molecule has 2 amide bonds. The number of carbonyl (C=O) groups is 2. The second-order valence-corrected chi connectivity index (χ2v) is 19.9. The Morgan fingerprint density at radius 2 is 1.19 bits per heavy atom. The van der Waals surface area contributed by atoms with Crippen molar-refractivity contribution < 1.29 is 55.2 Å². The minimum absolute atomic E-state index is 0.113. The van der Waals surface area contributed by atoms with Crippen LogP contribution in [0.4, 0.5) is 33.3 Å². The van der Waals surface area contributed by atoms with Crippen LogP contribution >= 0.6 is 0 Å². The number of aryl methyl sites for hydroxylation is 2. The zero-order valence-corrected chi connectivity index (χ0v) is 44.3. The minimum atomic E-state index is -3.10. The van der Waals surface area contributed by atoms with Crippen LogP contribution in [-0.4, -0.2) is 104 Å². The van der Waals surface area contributed by atoms with E-state index >= 15 is 0 Å². The van der Waals surface area contributed by atoms with E-state index in [1.165, 1.54) is 78.6 Å². The molecule has 10 aromatic rings. The zero-order chi connectivity index (χ0) is 57.4. The number of ether oxygens (including phenoxy) is 5. The molecule has 6 aromatic heterocycles. The third kappa shape index (κ3) is 11.5. The largest absolute Gasteiger partial charge is 0.457 e. The van der Waals surface area contributed by atoms with Crippen LogP contribution in [0.25, 0.3) is 33.8 Å². The molecule has 2 N–H and O–H groups in total. The summed E-state index contributed by atoms with van der Waals surface area (Å²) in [6, 6.07) is 25.4. The van der Waals surface area contributed by atoms with Crippen LogP contribution in [0, 0.1) is 0 Å². The number of anilines is 2. The molecule has 2 aliphatic heterocycles.